The molecular formula is C31H43N7O5. The van der Waals surface area contributed by atoms with Gasteiger partial charge in [-0.05, 0) is 45.2 Å². The lowest BCUT2D eigenvalue weighted by molar-refractivity contribution is -0.126. The molecule has 0 bridgehead atoms. The molecule has 1 saturated heterocycles. The number of fused-ring (bicyclic) bond motifs is 2. The van der Waals surface area contributed by atoms with Crippen molar-refractivity contribution in [2.24, 2.45) is 23.2 Å². The van der Waals surface area contributed by atoms with Gasteiger partial charge in [-0.1, -0.05) is 13.8 Å². The van der Waals surface area contributed by atoms with Crippen molar-refractivity contribution in [2.75, 3.05) is 32.1 Å². The van der Waals surface area contributed by atoms with Crippen molar-refractivity contribution < 1.29 is 23.9 Å². The van der Waals surface area contributed by atoms with Gasteiger partial charge in [0.25, 0.3) is 5.91 Å². The number of methoxy groups -OCH3 is 1. The standard InChI is InChI=1S/C31H43N7O5/c1-30(2,28(40)36-19-14-25(37(5)18-19)31(3,4)29(41)34-11-9-26(32)33)10-13-43-24-16-22-21(15-23(24)42-6)27(39)38-12-7-8-20(38)17-35-22/h14-18,20H,7-13H2,1-6H3,(H3,32,33)(H,34,41)(H,36,40). The van der Waals surface area contributed by atoms with E-state index < -0.39 is 10.8 Å². The maximum Gasteiger partial charge on any atom is 0.256 e. The molecule has 43 heavy (non-hydrogen) atoms. The van der Waals surface area contributed by atoms with E-state index in [1.807, 2.05) is 36.6 Å². The zero-order valence-corrected chi connectivity index (χ0v) is 25.9. The van der Waals surface area contributed by atoms with Crippen LogP contribution in [0.15, 0.2) is 29.4 Å². The zero-order valence-electron chi connectivity index (χ0n) is 25.9. The normalized spacial score (nSPS) is 16.3. The minimum Gasteiger partial charge on any atom is -0.493 e. The topological polar surface area (TPSA) is 164 Å². The molecule has 232 valence electrons. The summed E-state index contributed by atoms with van der Waals surface area (Å²) < 4.78 is 13.4. The predicted molar refractivity (Wildman–Crippen MR) is 166 cm³/mol. The molecule has 2 aromatic rings. The Bertz CT molecular complexity index is 1440. The molecule has 0 aliphatic carbocycles. The van der Waals surface area contributed by atoms with Gasteiger partial charge in [-0.15, -0.1) is 0 Å². The van der Waals surface area contributed by atoms with E-state index in [1.165, 1.54) is 7.11 Å². The maximum atomic E-state index is 13.3. The number of rotatable bonds is 12. The van der Waals surface area contributed by atoms with E-state index >= 15 is 0 Å². The number of ether oxygens (including phenoxy) is 2. The molecule has 12 nitrogen and oxygen atoms in total. The number of aromatic nitrogens is 1. The first kappa shape index (κ1) is 31.6. The van der Waals surface area contributed by atoms with Crippen LogP contribution >= 0.6 is 0 Å². The van der Waals surface area contributed by atoms with Crippen molar-refractivity contribution >= 4 is 41.1 Å². The molecule has 2 aliphatic heterocycles. The van der Waals surface area contributed by atoms with Gasteiger partial charge in [0.2, 0.25) is 11.8 Å². The summed E-state index contributed by atoms with van der Waals surface area (Å²) in [5, 5.41) is 13.1. The van der Waals surface area contributed by atoms with E-state index in [2.05, 4.69) is 15.6 Å². The Hall–Kier alpha value is -4.35. The van der Waals surface area contributed by atoms with E-state index in [1.54, 1.807) is 38.2 Å². The number of amidine groups is 1. The average Bonchev–Trinajstić information content (AvgIpc) is 3.54. The van der Waals surface area contributed by atoms with E-state index in [4.69, 9.17) is 20.6 Å². The summed E-state index contributed by atoms with van der Waals surface area (Å²) in [7, 11) is 3.35. The lowest BCUT2D eigenvalue weighted by atomic mass is 9.87. The smallest absolute Gasteiger partial charge is 0.256 e. The van der Waals surface area contributed by atoms with E-state index in [9.17, 15) is 14.4 Å². The van der Waals surface area contributed by atoms with Gasteiger partial charge in [-0.25, -0.2) is 0 Å². The summed E-state index contributed by atoms with van der Waals surface area (Å²) in [6.45, 7) is 8.52. The summed E-state index contributed by atoms with van der Waals surface area (Å²) in [6.07, 6.45) is 6.15. The highest BCUT2D eigenvalue weighted by molar-refractivity contribution is 6.03. The number of carbonyl (C=O) groups excluding carboxylic acids is 3. The fourth-order valence-electron chi connectivity index (χ4n) is 5.35. The van der Waals surface area contributed by atoms with Crippen molar-refractivity contribution in [1.29, 1.82) is 5.41 Å². The predicted octanol–water partition coefficient (Wildman–Crippen LogP) is 3.51. The molecule has 5 N–H and O–H groups in total. The van der Waals surface area contributed by atoms with Crippen LogP contribution in [-0.2, 0) is 22.1 Å². The average molecular weight is 594 g/mol. The van der Waals surface area contributed by atoms with Crippen molar-refractivity contribution in [1.82, 2.24) is 14.8 Å². The molecule has 3 heterocycles. The molecule has 3 amide bonds. The maximum absolute atomic E-state index is 13.3. The van der Waals surface area contributed by atoms with Crippen molar-refractivity contribution in [2.45, 2.75) is 64.8 Å². The molecule has 0 saturated carbocycles. The summed E-state index contributed by atoms with van der Waals surface area (Å²) in [5.41, 5.74) is 6.06. The Morgan fingerprint density at radius 1 is 1.16 bits per heavy atom. The molecule has 1 aromatic heterocycles. The van der Waals surface area contributed by atoms with Crippen LogP contribution in [0.3, 0.4) is 0 Å². The van der Waals surface area contributed by atoms with E-state index in [0.29, 0.717) is 41.4 Å². The largest absolute Gasteiger partial charge is 0.493 e. The van der Waals surface area contributed by atoms with Gasteiger partial charge in [0.1, 0.15) is 0 Å². The third-order valence-electron chi connectivity index (χ3n) is 8.21. The number of nitrogens with two attached hydrogens (primary N) is 1. The number of carbonyl (C=O) groups is 3. The minimum absolute atomic E-state index is 0.0104. The van der Waals surface area contributed by atoms with Crippen molar-refractivity contribution in [3.8, 4) is 11.5 Å². The van der Waals surface area contributed by atoms with Crippen LogP contribution in [0.4, 0.5) is 11.4 Å². The van der Waals surface area contributed by atoms with Gasteiger partial charge >= 0.3 is 0 Å². The highest BCUT2D eigenvalue weighted by Crippen LogP contribution is 2.38. The third kappa shape index (κ3) is 6.84. The quantitative estimate of drug-likeness (QED) is 0.217. The van der Waals surface area contributed by atoms with Crippen LogP contribution in [0.2, 0.25) is 0 Å². The first-order valence-corrected chi connectivity index (χ1v) is 14.5. The number of benzene rings is 1. The number of hydrogen-bond acceptors (Lipinski definition) is 7. The first-order valence-electron chi connectivity index (χ1n) is 14.5. The molecule has 1 fully saturated rings. The van der Waals surface area contributed by atoms with Crippen LogP contribution < -0.4 is 25.8 Å². The van der Waals surface area contributed by atoms with Crippen molar-refractivity contribution in [3.63, 3.8) is 0 Å². The number of anilines is 1. The minimum atomic E-state index is -0.879. The number of hydrogen-bond donors (Lipinski definition) is 4. The second-order valence-electron chi connectivity index (χ2n) is 12.3. The van der Waals surface area contributed by atoms with Gasteiger partial charge in [-0.2, -0.15) is 0 Å². The Labute approximate surface area is 252 Å². The van der Waals surface area contributed by atoms with Crippen LogP contribution in [0.1, 0.15) is 69.4 Å². The van der Waals surface area contributed by atoms with Gasteiger partial charge in [0.15, 0.2) is 11.5 Å². The van der Waals surface area contributed by atoms with Gasteiger partial charge in [0.05, 0.1) is 47.9 Å². The molecule has 2 aliphatic rings. The Balaban J connectivity index is 1.39. The monoisotopic (exact) mass is 593 g/mol. The van der Waals surface area contributed by atoms with Gasteiger partial charge < -0.3 is 35.3 Å². The number of nitrogens with zero attached hydrogens (tertiary/aromatic N) is 3. The third-order valence-corrected chi connectivity index (χ3v) is 8.21. The highest BCUT2D eigenvalue weighted by atomic mass is 16.5. The van der Waals surface area contributed by atoms with Crippen LogP contribution in [0.25, 0.3) is 0 Å². The fraction of sp³-hybridized carbons (Fsp3) is 0.516. The molecule has 0 spiro atoms. The number of aryl methyl sites for hydroxylation is 1. The number of amides is 3. The molecule has 4 rings (SSSR count). The molecule has 1 unspecified atom stereocenters. The zero-order chi connectivity index (χ0) is 31.5. The molecule has 1 aromatic carbocycles. The lowest BCUT2D eigenvalue weighted by Gasteiger charge is -2.24. The molecular weight excluding hydrogens is 550 g/mol. The Morgan fingerprint density at radius 2 is 1.91 bits per heavy atom. The number of nitrogens with one attached hydrogen (secondary N) is 3. The molecule has 12 heteroatoms. The SMILES string of the molecule is COc1cc2c(cc1OCCC(C)(C)C(=O)Nc1cc(C(C)(C)C(=O)NCCC(=N)N)n(C)c1)N=CC1CCCN1C2=O. The second-order valence-corrected chi connectivity index (χ2v) is 12.3. The van der Waals surface area contributed by atoms with Crippen LogP contribution in [-0.4, -0.2) is 72.1 Å². The Kier molecular flexibility index (Phi) is 9.17. The van der Waals surface area contributed by atoms with Crippen LogP contribution in [0, 0.1) is 10.8 Å². The summed E-state index contributed by atoms with van der Waals surface area (Å²) in [5.74, 6) is 0.459. The summed E-state index contributed by atoms with van der Waals surface area (Å²) >= 11 is 0. The first-order chi connectivity index (χ1) is 20.2. The molecule has 0 radical (unpaired) electrons. The second kappa shape index (κ2) is 12.5. The Morgan fingerprint density at radius 3 is 2.60 bits per heavy atom. The van der Waals surface area contributed by atoms with E-state index in [-0.39, 0.29) is 49.2 Å². The highest BCUT2D eigenvalue weighted by Gasteiger charge is 2.35. The number of aliphatic imine (C=N–C) groups is 1. The summed E-state index contributed by atoms with van der Waals surface area (Å²) in [6, 6.07) is 5.21. The van der Waals surface area contributed by atoms with Gasteiger partial charge in [0, 0.05) is 56.1 Å². The fourth-order valence-corrected chi connectivity index (χ4v) is 5.35. The molecule has 1 atom stereocenters. The van der Waals surface area contributed by atoms with Crippen molar-refractivity contribution in [3.05, 3.63) is 35.7 Å². The van der Waals surface area contributed by atoms with Crippen LogP contribution in [0.5, 0.6) is 11.5 Å². The van der Waals surface area contributed by atoms with Gasteiger partial charge in [-0.3, -0.25) is 24.8 Å². The summed E-state index contributed by atoms with van der Waals surface area (Å²) in [4.78, 5) is 45.7. The van der Waals surface area contributed by atoms with E-state index in [0.717, 1.165) is 18.5 Å². The lowest BCUT2D eigenvalue weighted by Crippen LogP contribution is -2.42.